The van der Waals surface area contributed by atoms with E-state index in [4.69, 9.17) is 4.74 Å². The molecule has 3 aromatic heterocycles. The largest absolute Gasteiger partial charge is 0.378 e. The molecule has 9 heteroatoms. The van der Waals surface area contributed by atoms with E-state index in [-0.39, 0.29) is 17.0 Å². The number of fused-ring (bicyclic) bond motifs is 1. The van der Waals surface area contributed by atoms with E-state index in [2.05, 4.69) is 45.8 Å². The Bertz CT molecular complexity index is 1070. The SMILES string of the molecule is COCc1cc(N2CCCC2Cn2nc(C(C)(C)C)ccc2=O)n2ncnc2n1. The second-order valence-corrected chi connectivity index (χ2v) is 8.49. The summed E-state index contributed by atoms with van der Waals surface area (Å²) < 4.78 is 8.61. The third-order valence-electron chi connectivity index (χ3n) is 5.27. The molecule has 3 aromatic rings. The lowest BCUT2D eigenvalue weighted by Gasteiger charge is -2.28. The van der Waals surface area contributed by atoms with Crippen molar-refractivity contribution in [1.29, 1.82) is 0 Å². The van der Waals surface area contributed by atoms with Crippen LogP contribution in [0.3, 0.4) is 0 Å². The predicted octanol–water partition coefficient (Wildman–Crippen LogP) is 1.79. The van der Waals surface area contributed by atoms with Gasteiger partial charge in [0.1, 0.15) is 12.1 Å². The highest BCUT2D eigenvalue weighted by Gasteiger charge is 2.29. The summed E-state index contributed by atoms with van der Waals surface area (Å²) in [4.78, 5) is 23.5. The van der Waals surface area contributed by atoms with Gasteiger partial charge in [-0.2, -0.15) is 19.7 Å². The van der Waals surface area contributed by atoms with Crippen LogP contribution in [0, 0.1) is 0 Å². The molecular formula is C20H27N7O2. The van der Waals surface area contributed by atoms with E-state index in [0.29, 0.717) is 18.9 Å². The number of hydrogen-bond acceptors (Lipinski definition) is 7. The average Bonchev–Trinajstić information content (AvgIpc) is 3.31. The van der Waals surface area contributed by atoms with Crippen LogP contribution < -0.4 is 10.5 Å². The molecule has 1 aliphatic heterocycles. The number of rotatable bonds is 5. The molecule has 1 fully saturated rings. The van der Waals surface area contributed by atoms with Crippen LogP contribution >= 0.6 is 0 Å². The van der Waals surface area contributed by atoms with Crippen LogP contribution in [0.4, 0.5) is 5.82 Å². The van der Waals surface area contributed by atoms with E-state index in [1.807, 2.05) is 12.1 Å². The summed E-state index contributed by atoms with van der Waals surface area (Å²) >= 11 is 0. The summed E-state index contributed by atoms with van der Waals surface area (Å²) in [5.74, 6) is 1.47. The number of aromatic nitrogens is 6. The molecule has 1 unspecified atom stereocenters. The van der Waals surface area contributed by atoms with Crippen molar-refractivity contribution in [3.8, 4) is 0 Å². The maximum Gasteiger partial charge on any atom is 0.266 e. The van der Waals surface area contributed by atoms with Gasteiger partial charge in [0.25, 0.3) is 11.3 Å². The van der Waals surface area contributed by atoms with Crippen molar-refractivity contribution in [3.63, 3.8) is 0 Å². The molecule has 0 aromatic carbocycles. The van der Waals surface area contributed by atoms with Gasteiger partial charge in [0.2, 0.25) is 0 Å². The highest BCUT2D eigenvalue weighted by molar-refractivity contribution is 5.49. The van der Waals surface area contributed by atoms with Gasteiger partial charge in [0.05, 0.1) is 30.6 Å². The fourth-order valence-electron chi connectivity index (χ4n) is 3.78. The quantitative estimate of drug-likeness (QED) is 0.648. The molecule has 29 heavy (non-hydrogen) atoms. The molecule has 0 aliphatic carbocycles. The summed E-state index contributed by atoms with van der Waals surface area (Å²) in [7, 11) is 1.65. The standard InChI is InChI=1S/C20H27N7O2/c1-20(2,3)16-7-8-18(28)26(24-16)11-15-6-5-9-25(15)17-10-14(12-29-4)23-19-21-13-22-27(17)19/h7-8,10,13,15H,5-6,9,11-12H2,1-4H3. The van der Waals surface area contributed by atoms with Crippen LogP contribution in [-0.4, -0.2) is 49.1 Å². The zero-order valence-electron chi connectivity index (χ0n) is 17.4. The summed E-state index contributed by atoms with van der Waals surface area (Å²) in [6.45, 7) is 8.11. The summed E-state index contributed by atoms with van der Waals surface area (Å²) in [6, 6.07) is 5.57. The zero-order valence-corrected chi connectivity index (χ0v) is 17.4. The Morgan fingerprint density at radius 2 is 2.10 bits per heavy atom. The van der Waals surface area contributed by atoms with Crippen LogP contribution in [0.1, 0.15) is 45.0 Å². The van der Waals surface area contributed by atoms with Crippen LogP contribution in [0.2, 0.25) is 0 Å². The first kappa shape index (κ1) is 19.5. The molecule has 9 nitrogen and oxygen atoms in total. The molecule has 1 saturated heterocycles. The molecule has 4 heterocycles. The molecule has 154 valence electrons. The van der Waals surface area contributed by atoms with E-state index in [9.17, 15) is 4.79 Å². The van der Waals surface area contributed by atoms with E-state index >= 15 is 0 Å². The molecule has 1 aliphatic rings. The minimum atomic E-state index is -0.113. The van der Waals surface area contributed by atoms with Gasteiger partial charge in [-0.1, -0.05) is 20.8 Å². The normalized spacial score (nSPS) is 17.4. The van der Waals surface area contributed by atoms with Crippen LogP contribution in [0.25, 0.3) is 5.78 Å². The fraction of sp³-hybridized carbons (Fsp3) is 0.550. The Morgan fingerprint density at radius 1 is 1.28 bits per heavy atom. The van der Waals surface area contributed by atoms with Crippen LogP contribution in [-0.2, 0) is 23.3 Å². The molecule has 0 radical (unpaired) electrons. The van der Waals surface area contributed by atoms with Crippen LogP contribution in [0.15, 0.2) is 29.3 Å². The molecule has 0 saturated carbocycles. The van der Waals surface area contributed by atoms with Crippen molar-refractivity contribution in [1.82, 2.24) is 29.4 Å². The summed E-state index contributed by atoms with van der Waals surface area (Å²) in [5.41, 5.74) is 1.52. The summed E-state index contributed by atoms with van der Waals surface area (Å²) in [6.07, 6.45) is 3.52. The van der Waals surface area contributed by atoms with Gasteiger partial charge in [0.15, 0.2) is 0 Å². The Kier molecular flexibility index (Phi) is 5.08. The van der Waals surface area contributed by atoms with Gasteiger partial charge in [-0.3, -0.25) is 4.79 Å². The van der Waals surface area contributed by atoms with E-state index in [0.717, 1.165) is 36.6 Å². The number of hydrogen-bond donors (Lipinski definition) is 0. The maximum absolute atomic E-state index is 12.5. The van der Waals surface area contributed by atoms with Crippen molar-refractivity contribution in [3.05, 3.63) is 46.3 Å². The third-order valence-corrected chi connectivity index (χ3v) is 5.27. The molecule has 4 rings (SSSR count). The highest BCUT2D eigenvalue weighted by Crippen LogP contribution is 2.27. The lowest BCUT2D eigenvalue weighted by Crippen LogP contribution is -2.38. The van der Waals surface area contributed by atoms with Crippen molar-refractivity contribution in [2.24, 2.45) is 0 Å². The van der Waals surface area contributed by atoms with Gasteiger partial charge in [-0.05, 0) is 18.9 Å². The fourth-order valence-corrected chi connectivity index (χ4v) is 3.78. The van der Waals surface area contributed by atoms with Gasteiger partial charge in [-0.15, -0.1) is 0 Å². The first-order chi connectivity index (χ1) is 13.9. The lowest BCUT2D eigenvalue weighted by molar-refractivity contribution is 0.181. The third kappa shape index (κ3) is 3.87. The van der Waals surface area contributed by atoms with Crippen molar-refractivity contribution in [2.75, 3.05) is 18.6 Å². The van der Waals surface area contributed by atoms with Crippen molar-refractivity contribution in [2.45, 2.75) is 58.2 Å². The van der Waals surface area contributed by atoms with Gasteiger partial charge >= 0.3 is 0 Å². The molecule has 0 bridgehead atoms. The number of ether oxygens (including phenoxy) is 1. The van der Waals surface area contributed by atoms with Gasteiger partial charge < -0.3 is 9.64 Å². The molecule has 0 amide bonds. The summed E-state index contributed by atoms with van der Waals surface area (Å²) in [5, 5.41) is 8.99. The van der Waals surface area contributed by atoms with E-state index < -0.39 is 0 Å². The Morgan fingerprint density at radius 3 is 2.86 bits per heavy atom. The predicted molar refractivity (Wildman–Crippen MR) is 109 cm³/mol. The van der Waals surface area contributed by atoms with E-state index in [1.54, 1.807) is 22.4 Å². The minimum absolute atomic E-state index is 0.0782. The Hall–Kier alpha value is -2.81. The second kappa shape index (κ2) is 7.55. The average molecular weight is 397 g/mol. The topological polar surface area (TPSA) is 90.4 Å². The van der Waals surface area contributed by atoms with Crippen LogP contribution in [0.5, 0.6) is 0 Å². The molecular weight excluding hydrogens is 370 g/mol. The van der Waals surface area contributed by atoms with Gasteiger partial charge in [0, 0.05) is 31.2 Å². The van der Waals surface area contributed by atoms with Gasteiger partial charge in [-0.25, -0.2) is 9.67 Å². The van der Waals surface area contributed by atoms with Crippen molar-refractivity contribution >= 4 is 11.6 Å². The Labute approximate surface area is 169 Å². The second-order valence-electron chi connectivity index (χ2n) is 8.49. The van der Waals surface area contributed by atoms with E-state index in [1.165, 1.54) is 6.33 Å². The zero-order chi connectivity index (χ0) is 20.6. The molecule has 1 atom stereocenters. The first-order valence-corrected chi connectivity index (χ1v) is 9.91. The molecule has 0 N–H and O–H groups in total. The maximum atomic E-state index is 12.5. The lowest BCUT2D eigenvalue weighted by atomic mass is 9.92. The number of methoxy groups -OCH3 is 1. The smallest absolute Gasteiger partial charge is 0.266 e. The Balaban J connectivity index is 1.68. The highest BCUT2D eigenvalue weighted by atomic mass is 16.5. The van der Waals surface area contributed by atoms with Crippen molar-refractivity contribution < 1.29 is 4.74 Å². The number of anilines is 1. The minimum Gasteiger partial charge on any atom is -0.378 e. The molecule has 0 spiro atoms. The number of nitrogens with zero attached hydrogens (tertiary/aromatic N) is 7. The first-order valence-electron chi connectivity index (χ1n) is 9.91. The monoisotopic (exact) mass is 397 g/mol.